The lowest BCUT2D eigenvalue weighted by atomic mass is 9.50. The lowest BCUT2D eigenvalue weighted by molar-refractivity contribution is -0.133. The van der Waals surface area contributed by atoms with E-state index in [4.69, 9.17) is 0 Å². The van der Waals surface area contributed by atoms with Crippen LogP contribution in [0, 0.1) is 11.8 Å². The number of hydrogen-bond donors (Lipinski definition) is 2. The van der Waals surface area contributed by atoms with Gasteiger partial charge in [0.25, 0.3) is 0 Å². The van der Waals surface area contributed by atoms with Gasteiger partial charge in [0.1, 0.15) is 0 Å². The van der Waals surface area contributed by atoms with Crippen LogP contribution in [0.2, 0.25) is 0 Å². The molecule has 1 amide bonds. The monoisotopic (exact) mass is 330 g/mol. The van der Waals surface area contributed by atoms with Crippen molar-refractivity contribution in [2.24, 2.45) is 11.8 Å². The molecule has 3 atom stereocenters. The van der Waals surface area contributed by atoms with Crippen molar-refractivity contribution in [3.05, 3.63) is 6.33 Å². The van der Waals surface area contributed by atoms with Crippen LogP contribution >= 0.6 is 0 Å². The Morgan fingerprint density at radius 1 is 1.21 bits per heavy atom. The molecule has 24 heavy (non-hydrogen) atoms. The van der Waals surface area contributed by atoms with E-state index in [1.165, 1.54) is 19.2 Å². The summed E-state index contributed by atoms with van der Waals surface area (Å²) in [6.45, 7) is 0.961. The second-order valence-electron chi connectivity index (χ2n) is 8.68. The first-order chi connectivity index (χ1) is 11.7. The van der Waals surface area contributed by atoms with Crippen LogP contribution in [0.15, 0.2) is 6.33 Å². The lowest BCUT2D eigenvalue weighted by Crippen LogP contribution is -2.67. The van der Waals surface area contributed by atoms with Crippen molar-refractivity contribution in [3.8, 4) is 0 Å². The molecule has 2 unspecified atom stereocenters. The summed E-state index contributed by atoms with van der Waals surface area (Å²) in [4.78, 5) is 14.7. The van der Waals surface area contributed by atoms with Gasteiger partial charge in [0, 0.05) is 5.54 Å². The van der Waals surface area contributed by atoms with Gasteiger partial charge in [-0.25, -0.2) is 0 Å². The predicted octanol–water partition coefficient (Wildman–Crippen LogP) is 0.979. The number of piperidine rings is 1. The molecule has 130 valence electrons. The first kappa shape index (κ1) is 14.8. The van der Waals surface area contributed by atoms with Crippen molar-refractivity contribution in [1.82, 2.24) is 30.8 Å². The van der Waals surface area contributed by atoms with E-state index in [0.717, 1.165) is 51.5 Å². The third kappa shape index (κ3) is 2.28. The summed E-state index contributed by atoms with van der Waals surface area (Å²) in [5, 5.41) is 19.4. The Morgan fingerprint density at radius 2 is 2.04 bits per heavy atom. The Hall–Kier alpha value is -1.50. The Balaban J connectivity index is 1.40. The minimum absolute atomic E-state index is 0.00722. The van der Waals surface area contributed by atoms with Crippen molar-refractivity contribution in [2.75, 3.05) is 6.54 Å². The maximum atomic E-state index is 12.8. The van der Waals surface area contributed by atoms with Gasteiger partial charge in [-0.1, -0.05) is 6.42 Å². The summed E-state index contributed by atoms with van der Waals surface area (Å²) in [5.41, 5.74) is -0.0955. The van der Waals surface area contributed by atoms with Gasteiger partial charge in [0.2, 0.25) is 5.91 Å². The highest BCUT2D eigenvalue weighted by Crippen LogP contribution is 2.60. The molecule has 0 spiro atoms. The molecule has 7 heteroatoms. The summed E-state index contributed by atoms with van der Waals surface area (Å²) in [7, 11) is 0. The zero-order valence-corrected chi connectivity index (χ0v) is 14.1. The molecule has 5 aliphatic rings. The van der Waals surface area contributed by atoms with E-state index in [1.807, 2.05) is 4.80 Å². The molecule has 4 aliphatic carbocycles. The number of amides is 1. The number of nitrogens with zero attached hydrogens (tertiary/aromatic N) is 4. The molecule has 4 bridgehead atoms. The molecule has 7 nitrogen and oxygen atoms in total. The van der Waals surface area contributed by atoms with Gasteiger partial charge in [-0.05, 0) is 75.0 Å². The minimum Gasteiger partial charge on any atom is -0.349 e. The summed E-state index contributed by atoms with van der Waals surface area (Å²) in [5.74, 6) is 1.56. The van der Waals surface area contributed by atoms with Gasteiger partial charge < -0.3 is 10.6 Å². The Bertz CT molecular complexity index is 609. The van der Waals surface area contributed by atoms with Crippen molar-refractivity contribution in [3.63, 3.8) is 0 Å². The fraction of sp³-hybridized carbons (Fsp3) is 0.882. The molecule has 0 radical (unpaired) electrons. The Kier molecular flexibility index (Phi) is 3.24. The standard InChI is InChI=1S/C17H26N6O/c24-15(14-3-1-2-4-18-14)21-16-6-12-5-13(7-16)9-17(8-12,10-16)23-20-11-19-22-23/h11-14,18H,1-10H2,(H,21,24)/t12?,13?,14-,16?,17?/m0/s1. The molecule has 2 N–H and O–H groups in total. The summed E-state index contributed by atoms with van der Waals surface area (Å²) >= 11 is 0. The van der Waals surface area contributed by atoms with Gasteiger partial charge in [0.05, 0.1) is 11.6 Å². The highest BCUT2D eigenvalue weighted by Gasteiger charge is 2.60. The van der Waals surface area contributed by atoms with Crippen LogP contribution in [-0.4, -0.2) is 44.2 Å². The van der Waals surface area contributed by atoms with E-state index in [9.17, 15) is 4.79 Å². The number of tetrazole rings is 1. The fourth-order valence-electron chi connectivity index (χ4n) is 6.40. The van der Waals surface area contributed by atoms with Gasteiger partial charge in [-0.15, -0.1) is 10.2 Å². The number of aromatic nitrogens is 4. The van der Waals surface area contributed by atoms with Crippen LogP contribution in [0.5, 0.6) is 0 Å². The third-order valence-electron chi connectivity index (χ3n) is 6.82. The van der Waals surface area contributed by atoms with Gasteiger partial charge in [-0.2, -0.15) is 4.80 Å². The normalized spacial score (nSPS) is 43.8. The van der Waals surface area contributed by atoms with Gasteiger partial charge in [0.15, 0.2) is 6.33 Å². The molecule has 6 rings (SSSR count). The van der Waals surface area contributed by atoms with Crippen molar-refractivity contribution >= 4 is 5.91 Å². The molecule has 1 aromatic rings. The molecule has 1 aliphatic heterocycles. The first-order valence-corrected chi connectivity index (χ1v) is 9.45. The molecule has 2 heterocycles. The minimum atomic E-state index is -0.0616. The first-order valence-electron chi connectivity index (χ1n) is 9.45. The average Bonchev–Trinajstić information content (AvgIpc) is 3.09. The van der Waals surface area contributed by atoms with Crippen LogP contribution in [0.25, 0.3) is 0 Å². The van der Waals surface area contributed by atoms with E-state index >= 15 is 0 Å². The zero-order valence-electron chi connectivity index (χ0n) is 14.1. The number of nitrogens with one attached hydrogen (secondary N) is 2. The smallest absolute Gasteiger partial charge is 0.237 e. The SMILES string of the molecule is O=C(NC12CC3CC(C1)CC(n1ncnn1)(C3)C2)[C@@H]1CCCCN1. The highest BCUT2D eigenvalue weighted by atomic mass is 16.2. The zero-order chi connectivity index (χ0) is 16.2. The van der Waals surface area contributed by atoms with E-state index in [-0.39, 0.29) is 23.0 Å². The number of rotatable bonds is 3. The van der Waals surface area contributed by atoms with Crippen LogP contribution in [0.4, 0.5) is 0 Å². The molecule has 1 aromatic heterocycles. The lowest BCUT2D eigenvalue weighted by Gasteiger charge is -2.61. The summed E-state index contributed by atoms with van der Waals surface area (Å²) in [6.07, 6.45) is 11.6. The Labute approximate surface area is 141 Å². The van der Waals surface area contributed by atoms with Crippen LogP contribution in [-0.2, 0) is 10.3 Å². The second kappa shape index (κ2) is 5.25. The average molecular weight is 330 g/mol. The molecule has 4 saturated carbocycles. The quantitative estimate of drug-likeness (QED) is 0.863. The number of hydrogen-bond acceptors (Lipinski definition) is 5. The van der Waals surface area contributed by atoms with E-state index in [0.29, 0.717) is 11.8 Å². The number of carbonyl (C=O) groups is 1. The molecule has 5 fully saturated rings. The molecule has 0 aromatic carbocycles. The van der Waals surface area contributed by atoms with Crippen molar-refractivity contribution in [1.29, 1.82) is 0 Å². The number of carbonyl (C=O) groups excluding carboxylic acids is 1. The third-order valence-corrected chi connectivity index (χ3v) is 6.82. The Morgan fingerprint density at radius 3 is 2.71 bits per heavy atom. The van der Waals surface area contributed by atoms with Crippen LogP contribution < -0.4 is 10.6 Å². The van der Waals surface area contributed by atoms with E-state index in [2.05, 4.69) is 26.0 Å². The van der Waals surface area contributed by atoms with Crippen molar-refractivity contribution < 1.29 is 4.79 Å². The van der Waals surface area contributed by atoms with Gasteiger partial charge >= 0.3 is 0 Å². The molecule has 1 saturated heterocycles. The molecular formula is C17H26N6O. The highest BCUT2D eigenvalue weighted by molar-refractivity contribution is 5.82. The summed E-state index contributed by atoms with van der Waals surface area (Å²) < 4.78 is 0. The fourth-order valence-corrected chi connectivity index (χ4v) is 6.40. The van der Waals surface area contributed by atoms with Crippen LogP contribution in [0.1, 0.15) is 57.8 Å². The van der Waals surface area contributed by atoms with E-state index in [1.54, 1.807) is 0 Å². The molecular weight excluding hydrogens is 304 g/mol. The second-order valence-corrected chi connectivity index (χ2v) is 8.68. The topological polar surface area (TPSA) is 84.7 Å². The maximum absolute atomic E-state index is 12.8. The van der Waals surface area contributed by atoms with Crippen LogP contribution in [0.3, 0.4) is 0 Å². The van der Waals surface area contributed by atoms with Gasteiger partial charge in [-0.3, -0.25) is 4.79 Å². The van der Waals surface area contributed by atoms with Crippen molar-refractivity contribution in [2.45, 2.75) is 74.9 Å². The summed E-state index contributed by atoms with van der Waals surface area (Å²) in [6, 6.07) is -0.00722. The maximum Gasteiger partial charge on any atom is 0.237 e. The largest absolute Gasteiger partial charge is 0.349 e. The predicted molar refractivity (Wildman–Crippen MR) is 87.0 cm³/mol. The van der Waals surface area contributed by atoms with E-state index < -0.39 is 0 Å².